The van der Waals surface area contributed by atoms with E-state index in [1.807, 2.05) is 30.3 Å². The van der Waals surface area contributed by atoms with E-state index in [2.05, 4.69) is 9.88 Å². The van der Waals surface area contributed by atoms with Gasteiger partial charge in [0.2, 0.25) is 5.89 Å². The number of carboxylic acid groups (broad SMARTS) is 1. The second-order valence-corrected chi connectivity index (χ2v) is 6.68. The third-order valence-electron chi connectivity index (χ3n) is 5.12. The molecule has 0 amide bonds. The van der Waals surface area contributed by atoms with Gasteiger partial charge in [-0.05, 0) is 24.5 Å². The molecule has 4 rings (SSSR count). The van der Waals surface area contributed by atoms with Crippen LogP contribution in [0.4, 0.5) is 0 Å². The van der Waals surface area contributed by atoms with Crippen molar-refractivity contribution < 1.29 is 19.1 Å². The molecule has 0 bridgehead atoms. The van der Waals surface area contributed by atoms with Gasteiger partial charge in [0.1, 0.15) is 11.7 Å². The van der Waals surface area contributed by atoms with Crippen LogP contribution in [0.5, 0.6) is 0 Å². The van der Waals surface area contributed by atoms with E-state index in [0.29, 0.717) is 32.2 Å². The monoisotopic (exact) mass is 328 g/mol. The van der Waals surface area contributed by atoms with Crippen molar-refractivity contribution in [2.45, 2.75) is 13.0 Å². The highest BCUT2D eigenvalue weighted by atomic mass is 16.5. The van der Waals surface area contributed by atoms with Crippen molar-refractivity contribution in [3.05, 3.63) is 42.3 Å². The van der Waals surface area contributed by atoms with Crippen LogP contribution in [0.2, 0.25) is 0 Å². The third-order valence-corrected chi connectivity index (χ3v) is 5.12. The molecule has 2 aromatic rings. The molecule has 0 unspecified atom stereocenters. The van der Waals surface area contributed by atoms with Crippen LogP contribution < -0.4 is 0 Å². The normalized spacial score (nSPS) is 27.1. The van der Waals surface area contributed by atoms with Gasteiger partial charge in [0.25, 0.3) is 0 Å². The van der Waals surface area contributed by atoms with E-state index < -0.39 is 11.4 Å². The lowest BCUT2D eigenvalue weighted by molar-refractivity contribution is -0.159. The molecule has 2 atom stereocenters. The SMILES string of the molecule is O=C(O)[C@]12COCC[C@H]1CN(Cc1coc(-c3ccccc3)n1)C2. The molecule has 1 aromatic carbocycles. The number of oxazole rings is 1. The highest BCUT2D eigenvalue weighted by Crippen LogP contribution is 2.42. The Hall–Kier alpha value is -2.18. The molecule has 1 N–H and O–H groups in total. The molecule has 0 aliphatic carbocycles. The molecule has 0 saturated carbocycles. The highest BCUT2D eigenvalue weighted by Gasteiger charge is 2.54. The summed E-state index contributed by atoms with van der Waals surface area (Å²) in [4.78, 5) is 18.5. The molecule has 0 radical (unpaired) electrons. The largest absolute Gasteiger partial charge is 0.481 e. The summed E-state index contributed by atoms with van der Waals surface area (Å²) in [5, 5.41) is 9.70. The van der Waals surface area contributed by atoms with Crippen LogP contribution in [0.15, 0.2) is 41.0 Å². The third kappa shape index (κ3) is 2.61. The van der Waals surface area contributed by atoms with Gasteiger partial charge in [-0.2, -0.15) is 0 Å². The van der Waals surface area contributed by atoms with Crippen molar-refractivity contribution in [2.75, 3.05) is 26.3 Å². The fourth-order valence-electron chi connectivity index (χ4n) is 3.84. The zero-order chi connectivity index (χ0) is 16.6. The Balaban J connectivity index is 1.49. The number of carboxylic acids is 1. The van der Waals surface area contributed by atoms with Crippen LogP contribution in [-0.4, -0.2) is 47.3 Å². The summed E-state index contributed by atoms with van der Waals surface area (Å²) in [6.07, 6.45) is 2.46. The van der Waals surface area contributed by atoms with Gasteiger partial charge in [0.05, 0.1) is 12.3 Å². The number of nitrogens with zero attached hydrogens (tertiary/aromatic N) is 2. The molecule has 3 heterocycles. The standard InChI is InChI=1S/C18H20N2O4/c21-17(22)18-11-20(8-14(18)6-7-23-12-18)9-15-10-24-16(19-15)13-4-2-1-3-5-13/h1-5,10,14H,6-9,11-12H2,(H,21,22)/t14-,18+/m0/s1. The molecule has 2 fully saturated rings. The first-order valence-electron chi connectivity index (χ1n) is 8.21. The molecule has 24 heavy (non-hydrogen) atoms. The Labute approximate surface area is 140 Å². The molecule has 2 aliphatic rings. The summed E-state index contributed by atoms with van der Waals surface area (Å²) in [5.74, 6) is -0.0115. The topological polar surface area (TPSA) is 75.8 Å². The van der Waals surface area contributed by atoms with E-state index in [1.165, 1.54) is 0 Å². The first kappa shape index (κ1) is 15.4. The minimum absolute atomic E-state index is 0.143. The van der Waals surface area contributed by atoms with Crippen molar-refractivity contribution in [2.24, 2.45) is 11.3 Å². The molecule has 126 valence electrons. The number of aromatic nitrogens is 1. The van der Waals surface area contributed by atoms with E-state index in [9.17, 15) is 9.90 Å². The van der Waals surface area contributed by atoms with E-state index in [0.717, 1.165) is 24.2 Å². The average molecular weight is 328 g/mol. The number of fused-ring (bicyclic) bond motifs is 1. The van der Waals surface area contributed by atoms with Crippen LogP contribution in [0.1, 0.15) is 12.1 Å². The molecular weight excluding hydrogens is 308 g/mol. The number of hydrogen-bond donors (Lipinski definition) is 1. The number of likely N-dealkylation sites (tertiary alicyclic amines) is 1. The summed E-state index contributed by atoms with van der Waals surface area (Å²) < 4.78 is 11.0. The van der Waals surface area contributed by atoms with Gasteiger partial charge >= 0.3 is 5.97 Å². The Morgan fingerprint density at radius 2 is 2.21 bits per heavy atom. The smallest absolute Gasteiger partial charge is 0.313 e. The number of rotatable bonds is 4. The number of benzene rings is 1. The first-order valence-corrected chi connectivity index (χ1v) is 8.21. The lowest BCUT2D eigenvalue weighted by atomic mass is 9.76. The molecule has 1 aromatic heterocycles. The van der Waals surface area contributed by atoms with Gasteiger partial charge in [0, 0.05) is 31.8 Å². The quantitative estimate of drug-likeness (QED) is 0.928. The molecule has 6 heteroatoms. The Morgan fingerprint density at radius 3 is 2.96 bits per heavy atom. The lowest BCUT2D eigenvalue weighted by Crippen LogP contribution is -2.46. The lowest BCUT2D eigenvalue weighted by Gasteiger charge is -2.34. The van der Waals surface area contributed by atoms with Crippen molar-refractivity contribution in [1.29, 1.82) is 0 Å². The zero-order valence-electron chi connectivity index (χ0n) is 13.4. The first-order chi connectivity index (χ1) is 11.7. The van der Waals surface area contributed by atoms with Crippen LogP contribution in [0.25, 0.3) is 11.5 Å². The van der Waals surface area contributed by atoms with Gasteiger partial charge in [-0.3, -0.25) is 9.69 Å². The fraction of sp³-hybridized carbons (Fsp3) is 0.444. The predicted molar refractivity (Wildman–Crippen MR) is 86.2 cm³/mol. The Kier molecular flexibility index (Phi) is 3.86. The number of ether oxygens (including phenoxy) is 1. The van der Waals surface area contributed by atoms with Crippen molar-refractivity contribution in [3.63, 3.8) is 0 Å². The Bertz CT molecular complexity index is 730. The Morgan fingerprint density at radius 1 is 1.38 bits per heavy atom. The summed E-state index contributed by atoms with van der Waals surface area (Å²) >= 11 is 0. The van der Waals surface area contributed by atoms with Crippen LogP contribution in [0.3, 0.4) is 0 Å². The molecule has 2 saturated heterocycles. The number of hydrogen-bond acceptors (Lipinski definition) is 5. The summed E-state index contributed by atoms with van der Waals surface area (Å²) in [5.41, 5.74) is 0.993. The van der Waals surface area contributed by atoms with Crippen LogP contribution >= 0.6 is 0 Å². The van der Waals surface area contributed by atoms with Crippen molar-refractivity contribution in [1.82, 2.24) is 9.88 Å². The van der Waals surface area contributed by atoms with Gasteiger partial charge in [-0.25, -0.2) is 4.98 Å². The molecule has 2 aliphatic heterocycles. The van der Waals surface area contributed by atoms with Gasteiger partial charge in [0.15, 0.2) is 0 Å². The zero-order valence-corrected chi connectivity index (χ0v) is 13.4. The van der Waals surface area contributed by atoms with E-state index in [4.69, 9.17) is 9.15 Å². The van der Waals surface area contributed by atoms with Crippen molar-refractivity contribution in [3.8, 4) is 11.5 Å². The van der Waals surface area contributed by atoms with Gasteiger partial charge in [-0.15, -0.1) is 0 Å². The van der Waals surface area contributed by atoms with E-state index in [-0.39, 0.29) is 5.92 Å². The summed E-state index contributed by atoms with van der Waals surface area (Å²) in [7, 11) is 0. The maximum atomic E-state index is 11.8. The maximum Gasteiger partial charge on any atom is 0.313 e. The van der Waals surface area contributed by atoms with E-state index >= 15 is 0 Å². The van der Waals surface area contributed by atoms with Gasteiger partial charge < -0.3 is 14.3 Å². The minimum atomic E-state index is -0.774. The summed E-state index contributed by atoms with van der Waals surface area (Å²) in [6.45, 7) is 2.82. The number of carbonyl (C=O) groups is 1. The summed E-state index contributed by atoms with van der Waals surface area (Å²) in [6, 6.07) is 9.75. The van der Waals surface area contributed by atoms with Gasteiger partial charge in [-0.1, -0.05) is 18.2 Å². The molecular formula is C18H20N2O4. The predicted octanol–water partition coefficient (Wildman–Crippen LogP) is 2.26. The maximum absolute atomic E-state index is 11.8. The highest BCUT2D eigenvalue weighted by molar-refractivity contribution is 5.76. The second kappa shape index (κ2) is 6.03. The van der Waals surface area contributed by atoms with Crippen molar-refractivity contribution >= 4 is 5.97 Å². The second-order valence-electron chi connectivity index (χ2n) is 6.68. The minimum Gasteiger partial charge on any atom is -0.481 e. The average Bonchev–Trinajstić information content (AvgIpc) is 3.20. The van der Waals surface area contributed by atoms with Crippen LogP contribution in [0, 0.1) is 11.3 Å². The van der Waals surface area contributed by atoms with E-state index in [1.54, 1.807) is 6.26 Å². The number of aliphatic carboxylic acids is 1. The molecule has 6 nitrogen and oxygen atoms in total. The fourth-order valence-corrected chi connectivity index (χ4v) is 3.84. The molecule has 0 spiro atoms. The van der Waals surface area contributed by atoms with Crippen LogP contribution in [-0.2, 0) is 16.1 Å².